The molecule has 6 nitrogen and oxygen atoms in total. The van der Waals surface area contributed by atoms with Gasteiger partial charge in [-0.25, -0.2) is 17.9 Å². The van der Waals surface area contributed by atoms with Crippen LogP contribution in [0.3, 0.4) is 0 Å². The summed E-state index contributed by atoms with van der Waals surface area (Å²) >= 11 is 0. The highest BCUT2D eigenvalue weighted by Gasteiger charge is 2.42. The molecule has 7 heteroatoms. The number of nitrogens with one attached hydrogen (secondary N) is 1. The molecule has 0 unspecified atom stereocenters. The van der Waals surface area contributed by atoms with Gasteiger partial charge in [-0.1, -0.05) is 30.3 Å². The minimum absolute atomic E-state index is 0.106. The number of benzene rings is 1. The minimum Gasteiger partial charge on any atom is -0.445 e. The van der Waals surface area contributed by atoms with E-state index in [1.807, 2.05) is 30.3 Å². The number of carbonyl (C=O) groups excluding carboxylic acids is 1. The summed E-state index contributed by atoms with van der Waals surface area (Å²) < 4.78 is 31.6. The van der Waals surface area contributed by atoms with Crippen molar-refractivity contribution >= 4 is 16.1 Å². The Bertz CT molecular complexity index is 607. The maximum Gasteiger partial charge on any atom is 0.410 e. The third-order valence-corrected chi connectivity index (χ3v) is 5.50. The molecule has 1 N–H and O–H groups in total. The summed E-state index contributed by atoms with van der Waals surface area (Å²) in [6.45, 7) is 0.610. The molecule has 1 saturated heterocycles. The highest BCUT2D eigenvalue weighted by molar-refractivity contribution is 7.90. The van der Waals surface area contributed by atoms with Crippen molar-refractivity contribution in [2.45, 2.75) is 30.7 Å². The Morgan fingerprint density at radius 1 is 1.24 bits per heavy atom. The van der Waals surface area contributed by atoms with Crippen LogP contribution in [-0.2, 0) is 21.4 Å². The molecule has 3 rings (SSSR count). The van der Waals surface area contributed by atoms with E-state index in [0.29, 0.717) is 0 Å². The van der Waals surface area contributed by atoms with E-state index in [4.69, 9.17) is 4.74 Å². The largest absolute Gasteiger partial charge is 0.445 e. The second kappa shape index (κ2) is 5.65. The average Bonchev–Trinajstić information content (AvgIpc) is 3.18. The Labute approximate surface area is 124 Å². The molecule has 2 aliphatic rings. The van der Waals surface area contributed by atoms with E-state index in [0.717, 1.165) is 18.4 Å². The predicted molar refractivity (Wildman–Crippen MR) is 77.1 cm³/mol. The first kappa shape index (κ1) is 14.3. The van der Waals surface area contributed by atoms with Crippen LogP contribution in [0.5, 0.6) is 0 Å². The number of likely N-dealkylation sites (tertiary alicyclic amines) is 1. The molecule has 0 radical (unpaired) electrons. The average molecular weight is 310 g/mol. The van der Waals surface area contributed by atoms with Gasteiger partial charge in [-0.2, -0.15) is 0 Å². The van der Waals surface area contributed by atoms with Gasteiger partial charge in [-0.3, -0.25) is 0 Å². The van der Waals surface area contributed by atoms with Crippen LogP contribution in [0.4, 0.5) is 4.79 Å². The smallest absolute Gasteiger partial charge is 0.410 e. The van der Waals surface area contributed by atoms with Gasteiger partial charge in [0.05, 0.1) is 0 Å². The third kappa shape index (κ3) is 3.54. The van der Waals surface area contributed by atoms with Crippen molar-refractivity contribution < 1.29 is 17.9 Å². The monoisotopic (exact) mass is 310 g/mol. The first-order valence-electron chi connectivity index (χ1n) is 7.01. The van der Waals surface area contributed by atoms with Gasteiger partial charge >= 0.3 is 6.09 Å². The quantitative estimate of drug-likeness (QED) is 0.883. The van der Waals surface area contributed by atoms with Crippen molar-refractivity contribution in [3.63, 3.8) is 0 Å². The Hall–Kier alpha value is -1.60. The number of nitrogens with zero attached hydrogens (tertiary/aromatic N) is 1. The fraction of sp³-hybridized carbons (Fsp3) is 0.500. The molecule has 21 heavy (non-hydrogen) atoms. The molecule has 0 bridgehead atoms. The maximum atomic E-state index is 11.9. The topological polar surface area (TPSA) is 75.7 Å². The number of hydrogen-bond acceptors (Lipinski definition) is 4. The SMILES string of the molecule is O=C(OCc1ccccc1)N1CC(S(=O)(=O)NC2CC2)C1. The summed E-state index contributed by atoms with van der Waals surface area (Å²) in [5, 5.41) is -0.512. The number of hydrogen-bond donors (Lipinski definition) is 1. The van der Waals surface area contributed by atoms with Gasteiger partial charge in [0, 0.05) is 19.1 Å². The molecule has 1 aliphatic carbocycles. The van der Waals surface area contributed by atoms with E-state index in [1.165, 1.54) is 4.90 Å². The number of sulfonamides is 1. The van der Waals surface area contributed by atoms with Crippen LogP contribution in [0.1, 0.15) is 18.4 Å². The fourth-order valence-corrected chi connectivity index (χ4v) is 3.77. The van der Waals surface area contributed by atoms with Gasteiger partial charge in [0.1, 0.15) is 11.9 Å². The van der Waals surface area contributed by atoms with Crippen LogP contribution in [0.25, 0.3) is 0 Å². The molecule has 0 aromatic heterocycles. The second-order valence-electron chi connectivity index (χ2n) is 5.50. The van der Waals surface area contributed by atoms with Gasteiger partial charge < -0.3 is 9.64 Å². The number of amides is 1. The van der Waals surface area contributed by atoms with Gasteiger partial charge in [-0.05, 0) is 18.4 Å². The zero-order valence-corrected chi connectivity index (χ0v) is 12.4. The van der Waals surface area contributed by atoms with Gasteiger partial charge in [0.15, 0.2) is 0 Å². The molecule has 0 atom stereocenters. The van der Waals surface area contributed by atoms with E-state index < -0.39 is 21.4 Å². The van der Waals surface area contributed by atoms with Crippen molar-refractivity contribution in [2.24, 2.45) is 0 Å². The molecule has 2 fully saturated rings. The number of ether oxygens (including phenoxy) is 1. The highest BCUT2D eigenvalue weighted by atomic mass is 32.2. The Morgan fingerprint density at radius 3 is 2.52 bits per heavy atom. The number of rotatable bonds is 5. The maximum absolute atomic E-state index is 11.9. The lowest BCUT2D eigenvalue weighted by Crippen LogP contribution is -2.59. The zero-order valence-electron chi connectivity index (χ0n) is 11.6. The van der Waals surface area contributed by atoms with Crippen LogP contribution >= 0.6 is 0 Å². The number of carbonyl (C=O) groups is 1. The van der Waals surface area contributed by atoms with E-state index in [-0.39, 0.29) is 25.7 Å². The Balaban J connectivity index is 1.44. The summed E-state index contributed by atoms with van der Waals surface area (Å²) in [6.07, 6.45) is 1.36. The molecule has 1 amide bonds. The Morgan fingerprint density at radius 2 is 1.90 bits per heavy atom. The first-order chi connectivity index (χ1) is 10.0. The molecular weight excluding hydrogens is 292 g/mol. The summed E-state index contributed by atoms with van der Waals surface area (Å²) in [6, 6.07) is 9.49. The van der Waals surface area contributed by atoms with E-state index >= 15 is 0 Å². The summed E-state index contributed by atoms with van der Waals surface area (Å²) in [5.41, 5.74) is 0.908. The molecule has 0 spiro atoms. The zero-order chi connectivity index (χ0) is 14.9. The lowest BCUT2D eigenvalue weighted by atomic mass is 10.2. The molecule has 1 aromatic carbocycles. The first-order valence-corrected chi connectivity index (χ1v) is 8.56. The normalized spacial score (nSPS) is 19.1. The Kier molecular flexibility index (Phi) is 3.86. The standard InChI is InChI=1S/C14H18N2O4S/c17-14(20-10-11-4-2-1-3-5-11)16-8-13(9-16)21(18,19)15-12-6-7-12/h1-5,12-13,15H,6-10H2. The lowest BCUT2D eigenvalue weighted by molar-refractivity contribution is 0.0766. The molecule has 1 saturated carbocycles. The summed E-state index contributed by atoms with van der Waals surface area (Å²) in [4.78, 5) is 13.2. The van der Waals surface area contributed by atoms with Gasteiger partial charge in [0.2, 0.25) is 10.0 Å². The molecule has 114 valence electrons. The van der Waals surface area contributed by atoms with Crippen LogP contribution < -0.4 is 4.72 Å². The van der Waals surface area contributed by atoms with E-state index in [9.17, 15) is 13.2 Å². The van der Waals surface area contributed by atoms with E-state index in [2.05, 4.69) is 4.72 Å². The van der Waals surface area contributed by atoms with Gasteiger partial charge in [-0.15, -0.1) is 0 Å². The minimum atomic E-state index is -3.29. The van der Waals surface area contributed by atoms with Crippen molar-refractivity contribution in [1.29, 1.82) is 0 Å². The van der Waals surface area contributed by atoms with Crippen molar-refractivity contribution in [3.05, 3.63) is 35.9 Å². The van der Waals surface area contributed by atoms with Crippen molar-refractivity contribution in [3.8, 4) is 0 Å². The fourth-order valence-electron chi connectivity index (χ4n) is 2.12. The molecular formula is C14H18N2O4S. The lowest BCUT2D eigenvalue weighted by Gasteiger charge is -2.37. The van der Waals surface area contributed by atoms with Crippen LogP contribution in [0, 0.1) is 0 Å². The summed E-state index contributed by atoms with van der Waals surface area (Å²) in [7, 11) is -3.29. The van der Waals surface area contributed by atoms with Crippen LogP contribution in [0.15, 0.2) is 30.3 Å². The van der Waals surface area contributed by atoms with Crippen LogP contribution in [-0.4, -0.2) is 43.8 Å². The second-order valence-corrected chi connectivity index (χ2v) is 7.50. The summed E-state index contributed by atoms with van der Waals surface area (Å²) in [5.74, 6) is 0. The molecule has 1 heterocycles. The molecule has 1 aliphatic heterocycles. The van der Waals surface area contributed by atoms with Crippen molar-refractivity contribution in [2.75, 3.05) is 13.1 Å². The molecule has 1 aromatic rings. The highest BCUT2D eigenvalue weighted by Crippen LogP contribution is 2.23. The predicted octanol–water partition coefficient (Wildman–Crippen LogP) is 1.09. The third-order valence-electron chi connectivity index (χ3n) is 3.66. The van der Waals surface area contributed by atoms with Crippen LogP contribution in [0.2, 0.25) is 0 Å². The van der Waals surface area contributed by atoms with Gasteiger partial charge in [0.25, 0.3) is 0 Å². The van der Waals surface area contributed by atoms with E-state index in [1.54, 1.807) is 0 Å². The van der Waals surface area contributed by atoms with Crippen molar-refractivity contribution in [1.82, 2.24) is 9.62 Å².